The van der Waals surface area contributed by atoms with E-state index in [0.717, 1.165) is 0 Å². The molecule has 168 valence electrons. The van der Waals surface area contributed by atoms with Crippen LogP contribution in [0.15, 0.2) is 56.4 Å². The zero-order valence-electron chi connectivity index (χ0n) is 16.3. The van der Waals surface area contributed by atoms with Crippen LogP contribution >= 0.6 is 31.9 Å². The predicted octanol–water partition coefficient (Wildman–Crippen LogP) is 4.06. The molecular weight excluding hydrogens is 559 g/mol. The highest BCUT2D eigenvalue weighted by Gasteiger charge is 2.58. The molecule has 0 aliphatic carbocycles. The number of nitrogens with one attached hydrogen (secondary N) is 2. The van der Waals surface area contributed by atoms with Crippen molar-refractivity contribution in [3.05, 3.63) is 68.1 Å². The fourth-order valence-electron chi connectivity index (χ4n) is 3.70. The number of hydroxylamine groups is 1. The number of carbonyl (C=O) groups is 2. The highest BCUT2D eigenvalue weighted by Crippen LogP contribution is 2.48. The molecule has 2 aromatic rings. The topological polar surface area (TPSA) is 79.8 Å². The van der Waals surface area contributed by atoms with Gasteiger partial charge in [0.25, 0.3) is 11.8 Å². The van der Waals surface area contributed by atoms with Crippen LogP contribution in [-0.2, 0) is 15.0 Å². The summed E-state index contributed by atoms with van der Waals surface area (Å²) in [6.07, 6.45) is -4.83. The summed E-state index contributed by atoms with van der Waals surface area (Å²) in [5.41, 5.74) is 1.22. The molecule has 0 spiro atoms. The Bertz CT molecular complexity index is 1090. The van der Waals surface area contributed by atoms with Crippen molar-refractivity contribution in [3.8, 4) is 0 Å². The number of nitrogens with zero attached hydrogens (tertiary/aromatic N) is 1. The first-order valence-electron chi connectivity index (χ1n) is 9.49. The molecule has 2 aliphatic heterocycles. The van der Waals surface area contributed by atoms with Crippen LogP contribution in [0.25, 0.3) is 0 Å². The summed E-state index contributed by atoms with van der Waals surface area (Å²) in [4.78, 5) is 32.8. The number of benzene rings is 2. The summed E-state index contributed by atoms with van der Waals surface area (Å²) < 4.78 is 43.8. The first-order chi connectivity index (χ1) is 15.1. The molecular formula is C21H16Br2F3N3O3. The summed E-state index contributed by atoms with van der Waals surface area (Å²) in [7, 11) is 0. The Balaban J connectivity index is 1.55. The maximum atomic E-state index is 14.2. The van der Waals surface area contributed by atoms with Gasteiger partial charge in [-0.3, -0.25) is 19.4 Å². The lowest BCUT2D eigenvalue weighted by molar-refractivity contribution is -0.183. The monoisotopic (exact) mass is 573 g/mol. The molecule has 0 saturated carbocycles. The van der Waals surface area contributed by atoms with Crippen LogP contribution in [0.3, 0.4) is 0 Å². The molecule has 4 rings (SSSR count). The van der Waals surface area contributed by atoms with Crippen molar-refractivity contribution >= 4 is 49.4 Å². The van der Waals surface area contributed by atoms with E-state index in [4.69, 9.17) is 4.84 Å². The SMILES string of the molecule is O=C(NC1CONC1=O)c1ccc(C2=NCC(c3cc(Br)cc(Br)c3)(C(F)(F)F)C2)cc1. The van der Waals surface area contributed by atoms with Crippen LogP contribution in [0.4, 0.5) is 13.2 Å². The van der Waals surface area contributed by atoms with Crippen LogP contribution < -0.4 is 10.8 Å². The highest BCUT2D eigenvalue weighted by molar-refractivity contribution is 9.11. The fourth-order valence-corrected chi connectivity index (χ4v) is 5.00. The molecule has 2 amide bonds. The Labute approximate surface area is 197 Å². The van der Waals surface area contributed by atoms with E-state index < -0.39 is 36.0 Å². The third-order valence-corrected chi connectivity index (χ3v) is 6.41. The highest BCUT2D eigenvalue weighted by atomic mass is 79.9. The number of aliphatic imine (C=N–C) groups is 1. The van der Waals surface area contributed by atoms with Gasteiger partial charge < -0.3 is 5.32 Å². The van der Waals surface area contributed by atoms with Gasteiger partial charge in [-0.25, -0.2) is 5.48 Å². The third-order valence-electron chi connectivity index (χ3n) is 5.49. The zero-order valence-corrected chi connectivity index (χ0v) is 19.5. The first-order valence-corrected chi connectivity index (χ1v) is 11.1. The number of rotatable bonds is 4. The number of halogens is 5. The molecule has 6 nitrogen and oxygen atoms in total. The van der Waals surface area contributed by atoms with E-state index in [1.165, 1.54) is 24.3 Å². The quantitative estimate of drug-likeness (QED) is 0.578. The lowest BCUT2D eigenvalue weighted by Crippen LogP contribution is -2.43. The van der Waals surface area contributed by atoms with Gasteiger partial charge in [0, 0.05) is 26.6 Å². The van der Waals surface area contributed by atoms with E-state index in [2.05, 4.69) is 47.6 Å². The minimum atomic E-state index is -4.51. The second-order valence-corrected chi connectivity index (χ2v) is 9.39. The standard InChI is InChI=1S/C21H16Br2F3N3O3/c22-14-5-13(6-15(23)7-14)20(21(24,25)26)8-16(27-10-20)11-1-3-12(4-2-11)18(30)28-17-9-32-29-19(17)31/h1-7,17H,8-10H2,(H,28,30)(H,29,31). The summed E-state index contributed by atoms with van der Waals surface area (Å²) >= 11 is 6.52. The second kappa shape index (κ2) is 8.60. The minimum Gasteiger partial charge on any atom is -0.338 e. The molecule has 2 unspecified atom stereocenters. The van der Waals surface area contributed by atoms with Crippen molar-refractivity contribution in [1.82, 2.24) is 10.8 Å². The van der Waals surface area contributed by atoms with Gasteiger partial charge in [-0.2, -0.15) is 13.2 Å². The molecule has 32 heavy (non-hydrogen) atoms. The molecule has 2 atom stereocenters. The molecule has 0 radical (unpaired) electrons. The van der Waals surface area contributed by atoms with Crippen LogP contribution in [-0.4, -0.2) is 42.9 Å². The van der Waals surface area contributed by atoms with Gasteiger partial charge in [0.05, 0.1) is 6.54 Å². The van der Waals surface area contributed by atoms with Gasteiger partial charge in [-0.05, 0) is 41.5 Å². The number of alkyl halides is 3. The number of hydrogen-bond acceptors (Lipinski definition) is 4. The Hall–Kier alpha value is -2.24. The molecule has 2 N–H and O–H groups in total. The van der Waals surface area contributed by atoms with Gasteiger partial charge >= 0.3 is 6.18 Å². The zero-order chi connectivity index (χ0) is 23.1. The third kappa shape index (κ3) is 4.33. The molecule has 0 aromatic heterocycles. The van der Waals surface area contributed by atoms with Crippen molar-refractivity contribution in [2.24, 2.45) is 4.99 Å². The van der Waals surface area contributed by atoms with Crippen molar-refractivity contribution in [3.63, 3.8) is 0 Å². The number of hydrogen-bond donors (Lipinski definition) is 2. The van der Waals surface area contributed by atoms with Crippen LogP contribution in [0.5, 0.6) is 0 Å². The predicted molar refractivity (Wildman–Crippen MR) is 117 cm³/mol. The lowest BCUT2D eigenvalue weighted by Gasteiger charge is -2.32. The van der Waals surface area contributed by atoms with E-state index in [9.17, 15) is 22.8 Å². The molecule has 2 aliphatic rings. The molecule has 0 bridgehead atoms. The molecule has 2 heterocycles. The van der Waals surface area contributed by atoms with Crippen molar-refractivity contribution < 1.29 is 27.6 Å². The smallest absolute Gasteiger partial charge is 0.338 e. The van der Waals surface area contributed by atoms with Crippen molar-refractivity contribution in [1.29, 1.82) is 0 Å². The van der Waals surface area contributed by atoms with E-state index in [1.54, 1.807) is 18.2 Å². The van der Waals surface area contributed by atoms with Crippen LogP contribution in [0, 0.1) is 0 Å². The maximum absolute atomic E-state index is 14.2. The van der Waals surface area contributed by atoms with Crippen LogP contribution in [0.2, 0.25) is 0 Å². The van der Waals surface area contributed by atoms with Gasteiger partial charge in [0.1, 0.15) is 18.1 Å². The van der Waals surface area contributed by atoms with Gasteiger partial charge in [0.15, 0.2) is 0 Å². The van der Waals surface area contributed by atoms with Crippen molar-refractivity contribution in [2.45, 2.75) is 24.1 Å². The van der Waals surface area contributed by atoms with Gasteiger partial charge in [-0.1, -0.05) is 44.0 Å². The first kappa shape index (κ1) is 22.9. The summed E-state index contributed by atoms with van der Waals surface area (Å²) in [5.74, 6) is -0.933. The normalized spacial score (nSPS) is 23.1. The Kier molecular flexibility index (Phi) is 6.17. The van der Waals surface area contributed by atoms with E-state index in [0.29, 0.717) is 20.2 Å². The van der Waals surface area contributed by atoms with E-state index >= 15 is 0 Å². The lowest BCUT2D eigenvalue weighted by atomic mass is 9.76. The number of carbonyl (C=O) groups excluding carboxylic acids is 2. The van der Waals surface area contributed by atoms with Gasteiger partial charge in [-0.15, -0.1) is 0 Å². The maximum Gasteiger partial charge on any atom is 0.400 e. The Morgan fingerprint density at radius 2 is 1.81 bits per heavy atom. The molecule has 1 fully saturated rings. The summed E-state index contributed by atoms with van der Waals surface area (Å²) in [5, 5.41) is 2.54. The molecule has 11 heteroatoms. The average molecular weight is 575 g/mol. The summed E-state index contributed by atoms with van der Waals surface area (Å²) in [6.45, 7) is -0.404. The van der Waals surface area contributed by atoms with E-state index in [1.807, 2.05) is 0 Å². The summed E-state index contributed by atoms with van der Waals surface area (Å²) in [6, 6.07) is 9.91. The van der Waals surface area contributed by atoms with Crippen molar-refractivity contribution in [2.75, 3.05) is 13.2 Å². The average Bonchev–Trinajstić information content (AvgIpc) is 3.35. The fraction of sp³-hybridized carbons (Fsp3) is 0.286. The molecule has 1 saturated heterocycles. The second-order valence-electron chi connectivity index (χ2n) is 7.56. The Morgan fingerprint density at radius 1 is 1.16 bits per heavy atom. The largest absolute Gasteiger partial charge is 0.400 e. The minimum absolute atomic E-state index is 0.0186. The van der Waals surface area contributed by atoms with E-state index in [-0.39, 0.29) is 24.2 Å². The van der Waals surface area contributed by atoms with Gasteiger partial charge in [0.2, 0.25) is 0 Å². The molecule has 2 aromatic carbocycles. The van der Waals surface area contributed by atoms with Crippen LogP contribution in [0.1, 0.15) is 27.9 Å². The number of amides is 2. The Morgan fingerprint density at radius 3 is 2.38 bits per heavy atom.